The van der Waals surface area contributed by atoms with Gasteiger partial charge in [-0.1, -0.05) is 12.1 Å². The molecule has 1 amide bonds. The molecule has 0 bridgehead atoms. The number of rotatable bonds is 3. The predicted octanol–water partition coefficient (Wildman–Crippen LogP) is 3.57. The Balaban J connectivity index is 1.59. The number of nitrogens with one attached hydrogen (secondary N) is 2. The molecule has 4 rings (SSSR count). The number of nitrogens with zero attached hydrogens (tertiary/aromatic N) is 1. The van der Waals surface area contributed by atoms with Crippen LogP contribution in [0, 0.1) is 6.92 Å². The summed E-state index contributed by atoms with van der Waals surface area (Å²) in [6.45, 7) is 5.02. The number of aromatic nitrogens is 1. The zero-order valence-electron chi connectivity index (χ0n) is 14.2. The first-order valence-corrected chi connectivity index (χ1v) is 8.53. The molecule has 1 fully saturated rings. The summed E-state index contributed by atoms with van der Waals surface area (Å²) < 4.78 is 5.41. The molecule has 0 saturated carbocycles. The minimum atomic E-state index is -0.0892. The molecule has 0 aliphatic carbocycles. The highest BCUT2D eigenvalue weighted by molar-refractivity contribution is 6.08. The van der Waals surface area contributed by atoms with Gasteiger partial charge in [-0.05, 0) is 43.3 Å². The number of hydrogen-bond acceptors (Lipinski definition) is 3. The Kier molecular flexibility index (Phi) is 4.15. The summed E-state index contributed by atoms with van der Waals surface area (Å²) in [6, 6.07) is 15.7. The van der Waals surface area contributed by atoms with E-state index in [9.17, 15) is 4.79 Å². The monoisotopic (exact) mass is 335 g/mol. The van der Waals surface area contributed by atoms with E-state index in [4.69, 9.17) is 4.74 Å². The number of H-pyrrole nitrogens is 1. The summed E-state index contributed by atoms with van der Waals surface area (Å²) in [7, 11) is 0. The van der Waals surface area contributed by atoms with Crippen molar-refractivity contribution in [2.45, 2.75) is 6.92 Å². The van der Waals surface area contributed by atoms with Crippen molar-refractivity contribution in [3.8, 4) is 0 Å². The largest absolute Gasteiger partial charge is 0.378 e. The lowest BCUT2D eigenvalue weighted by atomic mass is 10.1. The number of anilines is 2. The number of fused-ring (bicyclic) bond motifs is 1. The number of hydrogen-bond donors (Lipinski definition) is 2. The van der Waals surface area contributed by atoms with E-state index in [-0.39, 0.29) is 5.91 Å². The Morgan fingerprint density at radius 3 is 2.76 bits per heavy atom. The second-order valence-corrected chi connectivity index (χ2v) is 6.33. The third-order valence-corrected chi connectivity index (χ3v) is 4.51. The zero-order valence-corrected chi connectivity index (χ0v) is 14.2. The van der Waals surface area contributed by atoms with Crippen molar-refractivity contribution in [2.75, 3.05) is 36.5 Å². The zero-order chi connectivity index (χ0) is 17.2. The SMILES string of the molecule is Cc1cc2cc(NC(=O)c3ccccc3N3CCOCC3)ccc2[nH]1. The number of carbonyl (C=O) groups excluding carboxylic acids is 1. The van der Waals surface area contributed by atoms with E-state index in [0.717, 1.165) is 41.1 Å². The fourth-order valence-corrected chi connectivity index (χ4v) is 3.30. The maximum Gasteiger partial charge on any atom is 0.257 e. The molecule has 1 aliphatic heterocycles. The van der Waals surface area contributed by atoms with Gasteiger partial charge < -0.3 is 19.9 Å². The fourth-order valence-electron chi connectivity index (χ4n) is 3.30. The molecule has 2 N–H and O–H groups in total. The summed E-state index contributed by atoms with van der Waals surface area (Å²) in [6.07, 6.45) is 0. The lowest BCUT2D eigenvalue weighted by molar-refractivity contribution is 0.102. The van der Waals surface area contributed by atoms with Gasteiger partial charge in [0.1, 0.15) is 0 Å². The molecule has 2 aromatic carbocycles. The van der Waals surface area contributed by atoms with Crippen LogP contribution in [0.25, 0.3) is 10.9 Å². The topological polar surface area (TPSA) is 57.4 Å². The maximum atomic E-state index is 12.8. The number of morpholine rings is 1. The summed E-state index contributed by atoms with van der Waals surface area (Å²) in [5.41, 5.74) is 4.63. The fraction of sp³-hybridized carbons (Fsp3) is 0.250. The Labute approximate surface area is 146 Å². The molecule has 0 atom stereocenters. The quantitative estimate of drug-likeness (QED) is 0.769. The van der Waals surface area contributed by atoms with Crippen molar-refractivity contribution in [3.63, 3.8) is 0 Å². The highest BCUT2D eigenvalue weighted by atomic mass is 16.5. The number of aryl methyl sites for hydroxylation is 1. The minimum absolute atomic E-state index is 0.0892. The van der Waals surface area contributed by atoms with Crippen LogP contribution in [-0.2, 0) is 4.74 Å². The molecule has 128 valence electrons. The average Bonchev–Trinajstić information content (AvgIpc) is 3.02. The second-order valence-electron chi connectivity index (χ2n) is 6.33. The maximum absolute atomic E-state index is 12.8. The Morgan fingerprint density at radius 1 is 1.12 bits per heavy atom. The van der Waals surface area contributed by atoms with Gasteiger partial charge >= 0.3 is 0 Å². The van der Waals surface area contributed by atoms with Gasteiger partial charge in [0.05, 0.1) is 18.8 Å². The van der Waals surface area contributed by atoms with Gasteiger partial charge in [0.2, 0.25) is 0 Å². The molecule has 5 heteroatoms. The van der Waals surface area contributed by atoms with Crippen molar-refractivity contribution >= 4 is 28.2 Å². The molecule has 0 unspecified atom stereocenters. The third-order valence-electron chi connectivity index (χ3n) is 4.51. The van der Waals surface area contributed by atoms with Crippen molar-refractivity contribution in [1.29, 1.82) is 0 Å². The van der Waals surface area contributed by atoms with E-state index in [0.29, 0.717) is 18.8 Å². The van der Waals surface area contributed by atoms with Crippen molar-refractivity contribution in [2.24, 2.45) is 0 Å². The summed E-state index contributed by atoms with van der Waals surface area (Å²) in [4.78, 5) is 18.3. The predicted molar refractivity (Wildman–Crippen MR) is 100 cm³/mol. The van der Waals surface area contributed by atoms with E-state index < -0.39 is 0 Å². The van der Waals surface area contributed by atoms with E-state index in [2.05, 4.69) is 21.3 Å². The van der Waals surface area contributed by atoms with Crippen molar-refractivity contribution in [3.05, 3.63) is 59.8 Å². The van der Waals surface area contributed by atoms with Gasteiger partial charge in [0.15, 0.2) is 0 Å². The Morgan fingerprint density at radius 2 is 1.92 bits per heavy atom. The van der Waals surface area contributed by atoms with Crippen LogP contribution in [0.2, 0.25) is 0 Å². The molecule has 1 aromatic heterocycles. The van der Waals surface area contributed by atoms with Crippen LogP contribution >= 0.6 is 0 Å². The first-order chi connectivity index (χ1) is 12.2. The van der Waals surface area contributed by atoms with E-state index >= 15 is 0 Å². The Bertz CT molecular complexity index is 910. The number of para-hydroxylation sites is 1. The van der Waals surface area contributed by atoms with Gasteiger partial charge in [-0.25, -0.2) is 0 Å². The van der Waals surface area contributed by atoms with Crippen molar-refractivity contribution < 1.29 is 9.53 Å². The van der Waals surface area contributed by atoms with Gasteiger partial charge in [-0.3, -0.25) is 4.79 Å². The summed E-state index contributed by atoms with van der Waals surface area (Å²) >= 11 is 0. The van der Waals surface area contributed by atoms with Gasteiger partial charge in [0, 0.05) is 41.1 Å². The molecule has 25 heavy (non-hydrogen) atoms. The molecule has 3 aromatic rings. The molecule has 2 heterocycles. The highest BCUT2D eigenvalue weighted by Crippen LogP contribution is 2.24. The molecule has 0 spiro atoms. The van der Waals surface area contributed by atoms with Crippen LogP contribution in [0.5, 0.6) is 0 Å². The first kappa shape index (κ1) is 15.7. The smallest absolute Gasteiger partial charge is 0.257 e. The molecule has 5 nitrogen and oxygen atoms in total. The van der Waals surface area contributed by atoms with Gasteiger partial charge in [0.25, 0.3) is 5.91 Å². The van der Waals surface area contributed by atoms with Crippen LogP contribution in [-0.4, -0.2) is 37.2 Å². The van der Waals surface area contributed by atoms with E-state index in [1.165, 1.54) is 0 Å². The molecule has 0 radical (unpaired) electrons. The average molecular weight is 335 g/mol. The third kappa shape index (κ3) is 3.23. The lowest BCUT2D eigenvalue weighted by Crippen LogP contribution is -2.37. The molecular formula is C20H21N3O2. The lowest BCUT2D eigenvalue weighted by Gasteiger charge is -2.30. The van der Waals surface area contributed by atoms with Crippen LogP contribution in [0.3, 0.4) is 0 Å². The second kappa shape index (κ2) is 6.61. The van der Waals surface area contributed by atoms with Crippen LogP contribution in [0.15, 0.2) is 48.5 Å². The molecule has 1 aliphatic rings. The van der Waals surface area contributed by atoms with E-state index in [1.807, 2.05) is 49.4 Å². The standard InChI is InChI=1S/C20H21N3O2/c1-14-12-15-13-16(6-7-18(15)21-14)22-20(24)17-4-2-3-5-19(17)23-8-10-25-11-9-23/h2-7,12-13,21H,8-11H2,1H3,(H,22,24). The highest BCUT2D eigenvalue weighted by Gasteiger charge is 2.18. The number of aromatic amines is 1. The Hall–Kier alpha value is -2.79. The normalized spacial score (nSPS) is 14.7. The molecule has 1 saturated heterocycles. The van der Waals surface area contributed by atoms with Crippen LogP contribution in [0.4, 0.5) is 11.4 Å². The van der Waals surface area contributed by atoms with E-state index in [1.54, 1.807) is 0 Å². The number of ether oxygens (including phenoxy) is 1. The number of carbonyl (C=O) groups is 1. The van der Waals surface area contributed by atoms with Crippen LogP contribution in [0.1, 0.15) is 16.1 Å². The summed E-state index contributed by atoms with van der Waals surface area (Å²) in [5.74, 6) is -0.0892. The number of benzene rings is 2. The minimum Gasteiger partial charge on any atom is -0.378 e. The van der Waals surface area contributed by atoms with Crippen LogP contribution < -0.4 is 10.2 Å². The first-order valence-electron chi connectivity index (χ1n) is 8.53. The summed E-state index contributed by atoms with van der Waals surface area (Å²) in [5, 5.41) is 4.12. The van der Waals surface area contributed by atoms with Crippen molar-refractivity contribution in [1.82, 2.24) is 4.98 Å². The molecular weight excluding hydrogens is 314 g/mol. The number of amides is 1. The van der Waals surface area contributed by atoms with Gasteiger partial charge in [-0.2, -0.15) is 0 Å². The van der Waals surface area contributed by atoms with Gasteiger partial charge in [-0.15, -0.1) is 0 Å².